The SMILES string of the molecule is Cc1ccc(NCC(O)c2ccccc2F)cc1C. The van der Waals surface area contributed by atoms with Gasteiger partial charge in [-0.1, -0.05) is 24.3 Å². The molecule has 2 aromatic carbocycles. The molecule has 3 heteroatoms. The Morgan fingerprint density at radius 1 is 1.11 bits per heavy atom. The van der Waals surface area contributed by atoms with Crippen molar-refractivity contribution in [1.29, 1.82) is 0 Å². The van der Waals surface area contributed by atoms with Gasteiger partial charge in [-0.25, -0.2) is 4.39 Å². The molecule has 0 heterocycles. The molecule has 0 spiro atoms. The standard InChI is InChI=1S/C16H18FNO/c1-11-7-8-13(9-12(11)2)18-10-16(19)14-5-3-4-6-15(14)17/h3-9,16,18-19H,10H2,1-2H3. The van der Waals surface area contributed by atoms with Crippen LogP contribution in [0.1, 0.15) is 22.8 Å². The number of hydrogen-bond acceptors (Lipinski definition) is 2. The first-order valence-corrected chi connectivity index (χ1v) is 6.31. The fraction of sp³-hybridized carbons (Fsp3) is 0.250. The second-order valence-electron chi connectivity index (χ2n) is 4.72. The van der Waals surface area contributed by atoms with Gasteiger partial charge in [-0.3, -0.25) is 0 Å². The molecule has 2 N–H and O–H groups in total. The normalized spacial score (nSPS) is 12.2. The monoisotopic (exact) mass is 259 g/mol. The summed E-state index contributed by atoms with van der Waals surface area (Å²) in [6, 6.07) is 12.3. The van der Waals surface area contributed by atoms with Crippen molar-refractivity contribution in [3.8, 4) is 0 Å². The maximum atomic E-state index is 13.5. The van der Waals surface area contributed by atoms with Gasteiger partial charge < -0.3 is 10.4 Å². The minimum absolute atomic E-state index is 0.281. The van der Waals surface area contributed by atoms with Gasteiger partial charge in [-0.05, 0) is 43.2 Å². The first-order chi connectivity index (χ1) is 9.08. The Morgan fingerprint density at radius 3 is 2.53 bits per heavy atom. The average molecular weight is 259 g/mol. The van der Waals surface area contributed by atoms with E-state index in [1.807, 2.05) is 32.0 Å². The first-order valence-electron chi connectivity index (χ1n) is 6.31. The maximum absolute atomic E-state index is 13.5. The Balaban J connectivity index is 2.02. The highest BCUT2D eigenvalue weighted by Crippen LogP contribution is 2.19. The number of anilines is 1. The molecule has 1 atom stereocenters. The fourth-order valence-corrected chi connectivity index (χ4v) is 1.92. The second kappa shape index (κ2) is 5.85. The lowest BCUT2D eigenvalue weighted by Crippen LogP contribution is -2.13. The van der Waals surface area contributed by atoms with E-state index in [0.717, 1.165) is 5.69 Å². The maximum Gasteiger partial charge on any atom is 0.129 e. The van der Waals surface area contributed by atoms with Crippen molar-refractivity contribution in [2.24, 2.45) is 0 Å². The smallest absolute Gasteiger partial charge is 0.129 e. The van der Waals surface area contributed by atoms with Crippen molar-refractivity contribution >= 4 is 5.69 Å². The van der Waals surface area contributed by atoms with Gasteiger partial charge in [0, 0.05) is 17.8 Å². The summed E-state index contributed by atoms with van der Waals surface area (Å²) < 4.78 is 13.5. The van der Waals surface area contributed by atoms with E-state index >= 15 is 0 Å². The minimum Gasteiger partial charge on any atom is -0.386 e. The highest BCUT2D eigenvalue weighted by Gasteiger charge is 2.11. The molecule has 0 fully saturated rings. The van der Waals surface area contributed by atoms with Gasteiger partial charge in [-0.2, -0.15) is 0 Å². The molecule has 0 aliphatic rings. The summed E-state index contributed by atoms with van der Waals surface area (Å²) in [4.78, 5) is 0. The molecule has 0 amide bonds. The van der Waals surface area contributed by atoms with Gasteiger partial charge in [0.15, 0.2) is 0 Å². The van der Waals surface area contributed by atoms with E-state index in [1.165, 1.54) is 17.2 Å². The molecule has 2 rings (SSSR count). The zero-order valence-corrected chi connectivity index (χ0v) is 11.2. The Morgan fingerprint density at radius 2 is 1.84 bits per heavy atom. The minimum atomic E-state index is -0.859. The summed E-state index contributed by atoms with van der Waals surface area (Å²) in [6.45, 7) is 4.37. The summed E-state index contributed by atoms with van der Waals surface area (Å²) in [7, 11) is 0. The van der Waals surface area contributed by atoms with Crippen LogP contribution in [0.15, 0.2) is 42.5 Å². The van der Waals surface area contributed by atoms with Gasteiger partial charge in [0.25, 0.3) is 0 Å². The molecule has 0 aromatic heterocycles. The Labute approximate surface area is 112 Å². The number of rotatable bonds is 4. The first kappa shape index (κ1) is 13.6. The van der Waals surface area contributed by atoms with Crippen molar-refractivity contribution in [3.63, 3.8) is 0 Å². The number of halogens is 1. The van der Waals surface area contributed by atoms with E-state index in [1.54, 1.807) is 18.2 Å². The summed E-state index contributed by atoms with van der Waals surface area (Å²) in [6.07, 6.45) is -0.859. The number of benzene rings is 2. The van der Waals surface area contributed by atoms with Crippen LogP contribution in [0.3, 0.4) is 0 Å². The number of aliphatic hydroxyl groups is 1. The van der Waals surface area contributed by atoms with Crippen LogP contribution in [-0.4, -0.2) is 11.7 Å². The molecule has 0 radical (unpaired) electrons. The molecule has 0 aliphatic carbocycles. The van der Waals surface area contributed by atoms with Crippen LogP contribution < -0.4 is 5.32 Å². The molecule has 2 aromatic rings. The lowest BCUT2D eigenvalue weighted by Gasteiger charge is -2.14. The van der Waals surface area contributed by atoms with Gasteiger partial charge in [-0.15, -0.1) is 0 Å². The van der Waals surface area contributed by atoms with E-state index in [-0.39, 0.29) is 12.4 Å². The fourth-order valence-electron chi connectivity index (χ4n) is 1.92. The van der Waals surface area contributed by atoms with Crippen LogP contribution in [0.4, 0.5) is 10.1 Å². The van der Waals surface area contributed by atoms with Crippen molar-refractivity contribution in [2.75, 3.05) is 11.9 Å². The van der Waals surface area contributed by atoms with Crippen LogP contribution in [-0.2, 0) is 0 Å². The summed E-state index contributed by atoms with van der Waals surface area (Å²) >= 11 is 0. The zero-order chi connectivity index (χ0) is 13.8. The molecule has 0 bridgehead atoms. The topological polar surface area (TPSA) is 32.3 Å². The highest BCUT2D eigenvalue weighted by molar-refractivity contribution is 5.48. The molecule has 100 valence electrons. The van der Waals surface area contributed by atoms with Gasteiger partial charge in [0.05, 0.1) is 6.10 Å². The van der Waals surface area contributed by atoms with Crippen LogP contribution in [0.25, 0.3) is 0 Å². The van der Waals surface area contributed by atoms with Crippen LogP contribution in [0.5, 0.6) is 0 Å². The largest absolute Gasteiger partial charge is 0.386 e. The van der Waals surface area contributed by atoms with Crippen LogP contribution in [0.2, 0.25) is 0 Å². The Hall–Kier alpha value is -1.87. The molecule has 1 unspecified atom stereocenters. The average Bonchev–Trinajstić information content (AvgIpc) is 2.40. The van der Waals surface area contributed by atoms with Crippen molar-refractivity contribution in [1.82, 2.24) is 0 Å². The third-order valence-corrected chi connectivity index (χ3v) is 3.27. The van der Waals surface area contributed by atoms with E-state index in [9.17, 15) is 9.50 Å². The molecule has 19 heavy (non-hydrogen) atoms. The third kappa shape index (κ3) is 3.32. The van der Waals surface area contributed by atoms with Crippen LogP contribution >= 0.6 is 0 Å². The van der Waals surface area contributed by atoms with Crippen molar-refractivity contribution < 1.29 is 9.50 Å². The molecule has 0 aliphatic heterocycles. The summed E-state index contributed by atoms with van der Waals surface area (Å²) in [5.74, 6) is -0.378. The third-order valence-electron chi connectivity index (χ3n) is 3.27. The van der Waals surface area contributed by atoms with E-state index in [4.69, 9.17) is 0 Å². The summed E-state index contributed by atoms with van der Waals surface area (Å²) in [5.41, 5.74) is 3.66. The molecular weight excluding hydrogens is 241 g/mol. The number of hydrogen-bond donors (Lipinski definition) is 2. The zero-order valence-electron chi connectivity index (χ0n) is 11.2. The highest BCUT2D eigenvalue weighted by atomic mass is 19.1. The molecular formula is C16H18FNO. The molecule has 0 saturated heterocycles. The lowest BCUT2D eigenvalue weighted by molar-refractivity contribution is 0.186. The number of aryl methyl sites for hydroxylation is 2. The van der Waals surface area contributed by atoms with E-state index in [0.29, 0.717) is 5.56 Å². The summed E-state index contributed by atoms with van der Waals surface area (Å²) in [5, 5.41) is 13.1. The van der Waals surface area contributed by atoms with Gasteiger partial charge in [0.1, 0.15) is 5.82 Å². The van der Waals surface area contributed by atoms with E-state index in [2.05, 4.69) is 5.32 Å². The van der Waals surface area contributed by atoms with Crippen molar-refractivity contribution in [2.45, 2.75) is 20.0 Å². The van der Waals surface area contributed by atoms with E-state index < -0.39 is 6.10 Å². The lowest BCUT2D eigenvalue weighted by atomic mass is 10.1. The van der Waals surface area contributed by atoms with Crippen LogP contribution in [0, 0.1) is 19.7 Å². The predicted octanol–water partition coefficient (Wildman–Crippen LogP) is 3.59. The van der Waals surface area contributed by atoms with Gasteiger partial charge >= 0.3 is 0 Å². The Bertz CT molecular complexity index is 568. The van der Waals surface area contributed by atoms with Crippen molar-refractivity contribution in [3.05, 3.63) is 65.0 Å². The number of nitrogens with one attached hydrogen (secondary N) is 1. The van der Waals surface area contributed by atoms with Gasteiger partial charge in [0.2, 0.25) is 0 Å². The number of aliphatic hydroxyl groups excluding tert-OH is 1. The molecule has 2 nitrogen and oxygen atoms in total. The second-order valence-corrected chi connectivity index (χ2v) is 4.72. The quantitative estimate of drug-likeness (QED) is 0.879. The Kier molecular flexibility index (Phi) is 4.17. The predicted molar refractivity (Wildman–Crippen MR) is 75.8 cm³/mol. The molecule has 0 saturated carbocycles.